The first-order chi connectivity index (χ1) is 15.0. The molecule has 1 aliphatic heterocycles. The standard InChI is InChI=1S/C25H34N4O2/c1-16(2)20(17-8-5-4-6-9-17)15-28-25(26-3)27-12-7-13-29-23(30)21-18-10-11-19(14-18)22(21)24(29)31/h4-6,8-11,16,18-22H,7,12-15H2,1-3H3,(H2,26,27,28). The van der Waals surface area contributed by atoms with Crippen molar-refractivity contribution in [3.63, 3.8) is 0 Å². The van der Waals surface area contributed by atoms with Gasteiger partial charge in [-0.2, -0.15) is 0 Å². The lowest BCUT2D eigenvalue weighted by Crippen LogP contribution is -2.41. The van der Waals surface area contributed by atoms with E-state index in [2.05, 4.69) is 65.9 Å². The van der Waals surface area contributed by atoms with E-state index in [1.807, 2.05) is 6.07 Å². The topological polar surface area (TPSA) is 73.8 Å². The van der Waals surface area contributed by atoms with Gasteiger partial charge in [0.2, 0.25) is 11.8 Å². The molecule has 1 saturated carbocycles. The number of hydrogen-bond acceptors (Lipinski definition) is 3. The fourth-order valence-corrected chi connectivity index (χ4v) is 5.49. The SMILES string of the molecule is CN=C(NCCCN1C(=O)C2C3C=CC(C3)C2C1=O)NCC(c1ccccc1)C(C)C. The van der Waals surface area contributed by atoms with Crippen LogP contribution in [-0.4, -0.2) is 49.4 Å². The van der Waals surface area contributed by atoms with Gasteiger partial charge >= 0.3 is 0 Å². The van der Waals surface area contributed by atoms with Gasteiger partial charge in [0.25, 0.3) is 0 Å². The second kappa shape index (κ2) is 9.25. The third kappa shape index (κ3) is 4.25. The molecule has 6 nitrogen and oxygen atoms in total. The summed E-state index contributed by atoms with van der Waals surface area (Å²) >= 11 is 0. The Hall–Kier alpha value is -2.63. The third-order valence-electron chi connectivity index (χ3n) is 7.16. The second-order valence-corrected chi connectivity index (χ2v) is 9.32. The number of fused-ring (bicyclic) bond motifs is 5. The monoisotopic (exact) mass is 422 g/mol. The molecule has 1 heterocycles. The number of allylic oxidation sites excluding steroid dienone is 2. The van der Waals surface area contributed by atoms with Gasteiger partial charge in [-0.05, 0) is 36.2 Å². The van der Waals surface area contributed by atoms with Crippen LogP contribution in [0, 0.1) is 29.6 Å². The van der Waals surface area contributed by atoms with E-state index in [0.717, 1.165) is 18.9 Å². The van der Waals surface area contributed by atoms with Crippen LogP contribution in [0.25, 0.3) is 0 Å². The minimum Gasteiger partial charge on any atom is -0.356 e. The van der Waals surface area contributed by atoms with Gasteiger partial charge in [0.15, 0.2) is 5.96 Å². The molecule has 1 saturated heterocycles. The highest BCUT2D eigenvalue weighted by atomic mass is 16.2. The quantitative estimate of drug-likeness (QED) is 0.222. The Morgan fingerprint density at radius 1 is 1.06 bits per heavy atom. The lowest BCUT2D eigenvalue weighted by Gasteiger charge is -2.23. The number of aliphatic imine (C=N–C) groups is 1. The fraction of sp³-hybridized carbons (Fsp3) is 0.560. The first-order valence-corrected chi connectivity index (χ1v) is 11.5. The number of nitrogens with one attached hydrogen (secondary N) is 2. The molecule has 5 atom stereocenters. The highest BCUT2D eigenvalue weighted by molar-refractivity contribution is 6.06. The molecule has 0 spiro atoms. The van der Waals surface area contributed by atoms with E-state index in [9.17, 15) is 9.59 Å². The largest absolute Gasteiger partial charge is 0.356 e. The van der Waals surface area contributed by atoms with Gasteiger partial charge in [0.05, 0.1) is 11.8 Å². The summed E-state index contributed by atoms with van der Waals surface area (Å²) in [7, 11) is 1.76. The van der Waals surface area contributed by atoms with E-state index in [4.69, 9.17) is 0 Å². The van der Waals surface area contributed by atoms with Crippen LogP contribution >= 0.6 is 0 Å². The Morgan fingerprint density at radius 2 is 1.71 bits per heavy atom. The van der Waals surface area contributed by atoms with Crippen LogP contribution in [0.5, 0.6) is 0 Å². The highest BCUT2D eigenvalue weighted by Crippen LogP contribution is 2.52. The second-order valence-electron chi connectivity index (χ2n) is 9.32. The Labute approximate surface area is 185 Å². The van der Waals surface area contributed by atoms with Gasteiger partial charge < -0.3 is 10.6 Å². The molecular formula is C25H34N4O2. The number of carbonyl (C=O) groups excluding carboxylic acids is 2. The number of benzene rings is 1. The minimum atomic E-state index is -0.101. The van der Waals surface area contributed by atoms with E-state index in [0.29, 0.717) is 31.3 Å². The van der Waals surface area contributed by atoms with Gasteiger partial charge in [0, 0.05) is 32.6 Å². The van der Waals surface area contributed by atoms with E-state index in [1.165, 1.54) is 10.5 Å². The smallest absolute Gasteiger partial charge is 0.233 e. The Morgan fingerprint density at radius 3 is 2.29 bits per heavy atom. The van der Waals surface area contributed by atoms with E-state index in [1.54, 1.807) is 7.05 Å². The zero-order valence-corrected chi connectivity index (χ0v) is 18.8. The highest BCUT2D eigenvalue weighted by Gasteiger charge is 2.58. The number of imide groups is 1. The van der Waals surface area contributed by atoms with Crippen LogP contribution in [0.1, 0.15) is 38.2 Å². The van der Waals surface area contributed by atoms with Crippen molar-refractivity contribution >= 4 is 17.8 Å². The van der Waals surface area contributed by atoms with Crippen molar-refractivity contribution in [1.82, 2.24) is 15.5 Å². The van der Waals surface area contributed by atoms with Crippen LogP contribution in [0.15, 0.2) is 47.5 Å². The van der Waals surface area contributed by atoms with Gasteiger partial charge in [-0.1, -0.05) is 56.3 Å². The lowest BCUT2D eigenvalue weighted by molar-refractivity contribution is -0.140. The molecule has 31 heavy (non-hydrogen) atoms. The summed E-state index contributed by atoms with van der Waals surface area (Å²) in [6.45, 7) is 6.40. The molecule has 0 aromatic heterocycles. The molecule has 1 aromatic carbocycles. The summed E-state index contributed by atoms with van der Waals surface area (Å²) in [5.74, 6) is 2.07. The molecule has 3 aliphatic rings. The molecule has 6 heteroatoms. The molecule has 2 bridgehead atoms. The fourth-order valence-electron chi connectivity index (χ4n) is 5.49. The maximum Gasteiger partial charge on any atom is 0.233 e. The van der Waals surface area contributed by atoms with E-state index >= 15 is 0 Å². The molecule has 5 unspecified atom stereocenters. The van der Waals surface area contributed by atoms with E-state index in [-0.39, 0.29) is 35.5 Å². The molecule has 1 aromatic rings. The summed E-state index contributed by atoms with van der Waals surface area (Å²) < 4.78 is 0. The molecule has 0 radical (unpaired) electrons. The van der Waals surface area contributed by atoms with Gasteiger partial charge in [-0.15, -0.1) is 0 Å². The van der Waals surface area contributed by atoms with Crippen LogP contribution in [-0.2, 0) is 9.59 Å². The Balaban J connectivity index is 1.23. The lowest BCUT2D eigenvalue weighted by atomic mass is 9.85. The van der Waals surface area contributed by atoms with Gasteiger partial charge in [0.1, 0.15) is 0 Å². The number of amides is 2. The molecular weight excluding hydrogens is 388 g/mol. The molecule has 2 amide bonds. The maximum absolute atomic E-state index is 12.8. The third-order valence-corrected chi connectivity index (χ3v) is 7.16. The summed E-state index contributed by atoms with van der Waals surface area (Å²) in [6, 6.07) is 10.5. The zero-order valence-electron chi connectivity index (χ0n) is 18.8. The summed E-state index contributed by atoms with van der Waals surface area (Å²) in [5, 5.41) is 6.76. The number of guanidine groups is 1. The predicted octanol–water partition coefficient (Wildman–Crippen LogP) is 2.79. The molecule has 2 fully saturated rings. The van der Waals surface area contributed by atoms with Crippen molar-refractivity contribution in [2.75, 3.05) is 26.7 Å². The minimum absolute atomic E-state index is 0.0389. The van der Waals surface area contributed by atoms with Crippen molar-refractivity contribution in [3.8, 4) is 0 Å². The number of nitrogens with zero attached hydrogens (tertiary/aromatic N) is 2. The number of rotatable bonds is 8. The van der Waals surface area contributed by atoms with Crippen LogP contribution < -0.4 is 10.6 Å². The average Bonchev–Trinajstić information content (AvgIpc) is 3.45. The zero-order chi connectivity index (χ0) is 22.0. The summed E-state index contributed by atoms with van der Waals surface area (Å²) in [4.78, 5) is 31.4. The molecule has 4 rings (SSSR count). The van der Waals surface area contributed by atoms with Crippen LogP contribution in [0.2, 0.25) is 0 Å². The molecule has 166 valence electrons. The molecule has 2 aliphatic carbocycles. The number of likely N-dealkylation sites (tertiary alicyclic amines) is 1. The van der Waals surface area contributed by atoms with Crippen LogP contribution in [0.4, 0.5) is 0 Å². The van der Waals surface area contributed by atoms with Crippen LogP contribution in [0.3, 0.4) is 0 Å². The summed E-state index contributed by atoms with van der Waals surface area (Å²) in [5.41, 5.74) is 1.32. The van der Waals surface area contributed by atoms with Crippen molar-refractivity contribution in [1.29, 1.82) is 0 Å². The van der Waals surface area contributed by atoms with Crippen molar-refractivity contribution in [2.45, 2.75) is 32.6 Å². The van der Waals surface area contributed by atoms with Crippen molar-refractivity contribution in [2.24, 2.45) is 34.6 Å². The predicted molar refractivity (Wildman–Crippen MR) is 122 cm³/mol. The van der Waals surface area contributed by atoms with Gasteiger partial charge in [-0.25, -0.2) is 0 Å². The first-order valence-electron chi connectivity index (χ1n) is 11.5. The average molecular weight is 423 g/mol. The van der Waals surface area contributed by atoms with Crippen molar-refractivity contribution in [3.05, 3.63) is 48.0 Å². The van der Waals surface area contributed by atoms with Crippen molar-refractivity contribution < 1.29 is 9.59 Å². The summed E-state index contributed by atoms with van der Waals surface area (Å²) in [6.07, 6.45) is 5.96. The number of hydrogen-bond donors (Lipinski definition) is 2. The normalized spacial score (nSPS) is 27.9. The van der Waals surface area contributed by atoms with Gasteiger partial charge in [-0.3, -0.25) is 19.5 Å². The molecule has 2 N–H and O–H groups in total. The maximum atomic E-state index is 12.8. The Bertz CT molecular complexity index is 834. The van der Waals surface area contributed by atoms with E-state index < -0.39 is 0 Å². The first kappa shape index (κ1) is 21.6. The number of carbonyl (C=O) groups is 2. The Kier molecular flexibility index (Phi) is 6.44.